The molecule has 0 bridgehead atoms. The normalized spacial score (nSPS) is 11.1. The molecule has 0 aliphatic heterocycles. The minimum absolute atomic E-state index is 0. The molecular formula is C12H31O4Ti-. The molecule has 5 heteroatoms. The van der Waals surface area contributed by atoms with Crippen LogP contribution in [0.25, 0.3) is 0 Å². The van der Waals surface area contributed by atoms with E-state index in [1.54, 1.807) is 13.8 Å². The Kier molecular flexibility index (Phi) is 29.7. The molecule has 0 aromatic heterocycles. The summed E-state index contributed by atoms with van der Waals surface area (Å²) in [4.78, 5) is 0. The summed E-state index contributed by atoms with van der Waals surface area (Å²) < 4.78 is 5.47. The molecule has 0 saturated carbocycles. The number of rotatable bonds is 4. The third kappa shape index (κ3) is 38.4. The van der Waals surface area contributed by atoms with Crippen molar-refractivity contribution in [2.45, 2.75) is 72.7 Å². The molecule has 108 valence electrons. The van der Waals surface area contributed by atoms with Gasteiger partial charge in [0.25, 0.3) is 0 Å². The topological polar surface area (TPSA) is 92.5 Å². The maximum absolute atomic E-state index is 9.42. The second-order valence-corrected chi connectivity index (χ2v) is 4.59. The molecule has 0 spiro atoms. The van der Waals surface area contributed by atoms with Gasteiger partial charge < -0.3 is 27.2 Å². The zero-order valence-corrected chi connectivity index (χ0v) is 13.9. The van der Waals surface area contributed by atoms with Crippen LogP contribution in [-0.2, 0) is 26.5 Å². The minimum Gasteiger partial charge on any atom is -0.412 e. The predicted molar refractivity (Wildman–Crippen MR) is 69.5 cm³/mol. The number of hydrogen-bond donors (Lipinski definition) is 1. The molecule has 0 aliphatic carbocycles. The maximum atomic E-state index is 9.42. The van der Waals surface area contributed by atoms with Crippen molar-refractivity contribution in [3.8, 4) is 0 Å². The Morgan fingerprint density at radius 1 is 1.12 bits per heavy atom. The van der Waals surface area contributed by atoms with Crippen LogP contribution in [0.15, 0.2) is 0 Å². The Balaban J connectivity index is -0.0000000724. The van der Waals surface area contributed by atoms with E-state index in [-0.39, 0.29) is 44.9 Å². The van der Waals surface area contributed by atoms with Crippen molar-refractivity contribution in [3.05, 3.63) is 6.42 Å². The largest absolute Gasteiger partial charge is 0.412 e. The second-order valence-electron chi connectivity index (χ2n) is 4.59. The molecule has 0 fully saturated rings. The van der Waals surface area contributed by atoms with E-state index in [1.165, 1.54) is 0 Å². The molecule has 17 heavy (non-hydrogen) atoms. The fraction of sp³-hybridized carbons (Fsp3) is 0.917. The first kappa shape index (κ1) is 30.5. The maximum Gasteiger partial charge on any atom is 0.0616 e. The monoisotopic (exact) mass is 287 g/mol. The molecular weight excluding hydrogens is 256 g/mol. The van der Waals surface area contributed by atoms with Gasteiger partial charge >= 0.3 is 0 Å². The van der Waals surface area contributed by atoms with Crippen molar-refractivity contribution in [3.63, 3.8) is 0 Å². The SMILES string of the molecule is CC(C)OC(C)CC(C)(C)O.C[CH-]C.O.O.[Ti]. The van der Waals surface area contributed by atoms with E-state index in [0.29, 0.717) is 6.42 Å². The molecule has 0 saturated heterocycles. The van der Waals surface area contributed by atoms with E-state index in [9.17, 15) is 5.11 Å². The van der Waals surface area contributed by atoms with Gasteiger partial charge in [-0.1, -0.05) is 0 Å². The molecule has 0 aliphatic rings. The van der Waals surface area contributed by atoms with Crippen LogP contribution < -0.4 is 0 Å². The molecule has 0 aromatic rings. The standard InChI is InChI=1S/C9H20O2.C3H7.2H2O.Ti/c1-7(2)11-8(3)6-9(4,5)10;1-3-2;;;/h7-8,10H,6H2,1-5H3;3H,1-2H3;2*1H2;/q;-1;;;. The number of ether oxygens (including phenoxy) is 1. The van der Waals surface area contributed by atoms with Crippen LogP contribution in [0.4, 0.5) is 0 Å². The van der Waals surface area contributed by atoms with E-state index in [1.807, 2.05) is 41.0 Å². The number of aliphatic hydroxyl groups is 1. The fourth-order valence-corrected chi connectivity index (χ4v) is 1.22. The third-order valence-electron chi connectivity index (χ3n) is 1.29. The van der Waals surface area contributed by atoms with E-state index in [4.69, 9.17) is 4.74 Å². The molecule has 5 N–H and O–H groups in total. The fourth-order valence-electron chi connectivity index (χ4n) is 1.22. The van der Waals surface area contributed by atoms with Gasteiger partial charge in [0.05, 0.1) is 17.8 Å². The Labute approximate surface area is 122 Å². The van der Waals surface area contributed by atoms with Crippen molar-refractivity contribution >= 4 is 0 Å². The van der Waals surface area contributed by atoms with Crippen LogP contribution in [0.5, 0.6) is 0 Å². The Bertz CT molecular complexity index is 124. The van der Waals surface area contributed by atoms with Gasteiger partial charge in [0, 0.05) is 28.1 Å². The quantitative estimate of drug-likeness (QED) is 0.627. The van der Waals surface area contributed by atoms with Crippen molar-refractivity contribution in [1.82, 2.24) is 0 Å². The summed E-state index contributed by atoms with van der Waals surface area (Å²) in [5.74, 6) is 0. The smallest absolute Gasteiger partial charge is 0.0616 e. The van der Waals surface area contributed by atoms with Crippen LogP contribution >= 0.6 is 0 Å². The van der Waals surface area contributed by atoms with E-state index >= 15 is 0 Å². The van der Waals surface area contributed by atoms with Gasteiger partial charge in [0.1, 0.15) is 0 Å². The first-order chi connectivity index (χ1) is 6.22. The van der Waals surface area contributed by atoms with E-state index in [0.717, 1.165) is 0 Å². The predicted octanol–water partition coefficient (Wildman–Crippen LogP) is 1.54. The summed E-state index contributed by atoms with van der Waals surface area (Å²) in [5, 5.41) is 9.42. The number of hydrogen-bond acceptors (Lipinski definition) is 2. The van der Waals surface area contributed by atoms with Crippen molar-refractivity contribution < 1.29 is 42.5 Å². The first-order valence-corrected chi connectivity index (χ1v) is 5.34. The Morgan fingerprint density at radius 2 is 1.41 bits per heavy atom. The van der Waals surface area contributed by atoms with E-state index < -0.39 is 5.60 Å². The van der Waals surface area contributed by atoms with Crippen LogP contribution in [-0.4, -0.2) is 33.9 Å². The third-order valence-corrected chi connectivity index (χ3v) is 1.29. The van der Waals surface area contributed by atoms with Crippen molar-refractivity contribution in [2.75, 3.05) is 0 Å². The molecule has 0 rings (SSSR count). The van der Waals surface area contributed by atoms with Crippen LogP contribution in [0.2, 0.25) is 0 Å². The first-order valence-electron chi connectivity index (χ1n) is 5.34. The van der Waals surface area contributed by atoms with Crippen LogP contribution in [0.3, 0.4) is 0 Å². The van der Waals surface area contributed by atoms with Crippen LogP contribution in [0.1, 0.15) is 54.9 Å². The molecule has 0 aromatic carbocycles. The van der Waals surface area contributed by atoms with Gasteiger partial charge in [0.15, 0.2) is 0 Å². The average molecular weight is 287 g/mol. The van der Waals surface area contributed by atoms with E-state index in [2.05, 4.69) is 0 Å². The van der Waals surface area contributed by atoms with Crippen LogP contribution in [0, 0.1) is 6.42 Å². The van der Waals surface area contributed by atoms with Crippen molar-refractivity contribution in [1.29, 1.82) is 0 Å². The van der Waals surface area contributed by atoms with Gasteiger partial charge in [-0.15, -0.1) is 0 Å². The van der Waals surface area contributed by atoms with Gasteiger partial charge in [-0.05, 0) is 34.6 Å². The minimum atomic E-state index is -0.617. The summed E-state index contributed by atoms with van der Waals surface area (Å²) in [6.07, 6.45) is 3.06. The molecule has 0 radical (unpaired) electrons. The Morgan fingerprint density at radius 3 is 1.59 bits per heavy atom. The molecule has 1 unspecified atom stereocenters. The summed E-state index contributed by atoms with van der Waals surface area (Å²) in [5.41, 5.74) is -0.617. The molecule has 1 atom stereocenters. The summed E-state index contributed by atoms with van der Waals surface area (Å²) in [6.45, 7) is 13.6. The van der Waals surface area contributed by atoms with Gasteiger partial charge in [-0.2, -0.15) is 13.8 Å². The van der Waals surface area contributed by atoms with Crippen molar-refractivity contribution in [2.24, 2.45) is 0 Å². The Hall–Kier alpha value is 0.554. The second kappa shape index (κ2) is 16.6. The zero-order chi connectivity index (χ0) is 11.8. The molecule has 0 heterocycles. The summed E-state index contributed by atoms with van der Waals surface area (Å²) >= 11 is 0. The summed E-state index contributed by atoms with van der Waals surface area (Å²) in [6, 6.07) is 0. The van der Waals surface area contributed by atoms with Gasteiger partial charge in [0.2, 0.25) is 0 Å². The van der Waals surface area contributed by atoms with Gasteiger partial charge in [-0.3, -0.25) is 0 Å². The summed E-state index contributed by atoms with van der Waals surface area (Å²) in [7, 11) is 0. The van der Waals surface area contributed by atoms with Gasteiger partial charge in [-0.25, -0.2) is 0 Å². The average Bonchev–Trinajstić information content (AvgIpc) is 1.80. The molecule has 0 amide bonds. The molecule has 4 nitrogen and oxygen atoms in total. The zero-order valence-electron chi connectivity index (χ0n) is 12.3.